The smallest absolute Gasteiger partial charge is 0.356 e. The van der Waals surface area contributed by atoms with Crippen molar-refractivity contribution in [3.05, 3.63) is 29.6 Å². The highest BCUT2D eigenvalue weighted by atomic mass is 16.5. The van der Waals surface area contributed by atoms with Crippen LogP contribution in [0.3, 0.4) is 0 Å². The molecule has 1 heterocycles. The molecule has 1 rings (SSSR count). The molecule has 0 fully saturated rings. The lowest BCUT2D eigenvalue weighted by Crippen LogP contribution is -2.31. The summed E-state index contributed by atoms with van der Waals surface area (Å²) in [7, 11) is 4.70. The van der Waals surface area contributed by atoms with Gasteiger partial charge < -0.3 is 29.0 Å². The summed E-state index contributed by atoms with van der Waals surface area (Å²) in [6, 6.07) is 5.34. The van der Waals surface area contributed by atoms with E-state index in [1.807, 2.05) is 6.07 Å². The van der Waals surface area contributed by atoms with Crippen LogP contribution in [-0.2, 0) is 30.2 Å². The number of aromatic nitrogens is 1. The first-order valence-electron chi connectivity index (χ1n) is 9.82. The molecule has 29 heavy (non-hydrogen) atoms. The van der Waals surface area contributed by atoms with Gasteiger partial charge in [-0.05, 0) is 12.1 Å². The van der Waals surface area contributed by atoms with Crippen molar-refractivity contribution < 1.29 is 28.5 Å². The van der Waals surface area contributed by atoms with Gasteiger partial charge in [0.1, 0.15) is 5.69 Å². The minimum Gasteiger partial charge on any atom is -0.464 e. The first-order valence-corrected chi connectivity index (χ1v) is 9.82. The number of rotatable bonds is 18. The zero-order chi connectivity index (χ0) is 21.2. The van der Waals surface area contributed by atoms with Crippen molar-refractivity contribution in [2.24, 2.45) is 0 Å². The van der Waals surface area contributed by atoms with E-state index in [4.69, 9.17) is 23.7 Å². The number of nitrogens with zero attached hydrogens (tertiary/aromatic N) is 2. The van der Waals surface area contributed by atoms with Crippen molar-refractivity contribution in [2.45, 2.75) is 6.54 Å². The molecule has 9 nitrogen and oxygen atoms in total. The van der Waals surface area contributed by atoms with Crippen molar-refractivity contribution in [2.75, 3.05) is 87.1 Å². The third-order valence-electron chi connectivity index (χ3n) is 4.03. The quantitative estimate of drug-likeness (QED) is 0.274. The Kier molecular flexibility index (Phi) is 15.1. The fraction of sp³-hybridized carbons (Fsp3) is 0.700. The molecule has 1 N–H and O–H groups in total. The number of hydrogen-bond acceptors (Lipinski definition) is 9. The maximum absolute atomic E-state index is 11.6. The first kappa shape index (κ1) is 25.4. The Morgan fingerprint density at radius 2 is 1.62 bits per heavy atom. The maximum atomic E-state index is 11.6. The summed E-state index contributed by atoms with van der Waals surface area (Å²) in [6.07, 6.45) is 0. The summed E-state index contributed by atoms with van der Waals surface area (Å²) < 4.78 is 26.0. The lowest BCUT2D eigenvalue weighted by molar-refractivity contribution is 0.0350. The SMILES string of the molecule is COCCNCCOCCOCCN(CCOC)Cc1cccc(C(=O)OC)n1. The fourth-order valence-corrected chi connectivity index (χ4v) is 2.46. The van der Waals surface area contributed by atoms with Crippen molar-refractivity contribution in [1.82, 2.24) is 15.2 Å². The molecule has 0 radical (unpaired) electrons. The average molecular weight is 414 g/mol. The zero-order valence-electron chi connectivity index (χ0n) is 17.9. The van der Waals surface area contributed by atoms with Gasteiger partial charge in [0, 0.05) is 46.9 Å². The molecule has 0 saturated carbocycles. The van der Waals surface area contributed by atoms with Crippen LogP contribution < -0.4 is 5.32 Å². The lowest BCUT2D eigenvalue weighted by Gasteiger charge is -2.21. The molecule has 0 aliphatic carbocycles. The minimum atomic E-state index is -0.437. The summed E-state index contributed by atoms with van der Waals surface area (Å²) >= 11 is 0. The Morgan fingerprint density at radius 1 is 0.931 bits per heavy atom. The number of nitrogens with one attached hydrogen (secondary N) is 1. The number of ether oxygens (including phenoxy) is 5. The standard InChI is InChI=1S/C20H35N3O6/c1-25-11-7-21-8-12-28-15-16-29-14-10-23(9-13-26-2)17-18-5-4-6-19(22-18)20(24)27-3/h4-6,21H,7-17H2,1-3H3. The molecule has 0 aliphatic heterocycles. The van der Waals surface area contributed by atoms with E-state index in [0.29, 0.717) is 51.9 Å². The third kappa shape index (κ3) is 12.5. The molecular weight excluding hydrogens is 378 g/mol. The van der Waals surface area contributed by atoms with Crippen molar-refractivity contribution >= 4 is 5.97 Å². The molecular formula is C20H35N3O6. The van der Waals surface area contributed by atoms with Gasteiger partial charge >= 0.3 is 5.97 Å². The van der Waals surface area contributed by atoms with Crippen LogP contribution >= 0.6 is 0 Å². The van der Waals surface area contributed by atoms with Gasteiger partial charge in [-0.25, -0.2) is 9.78 Å². The molecule has 1 aromatic heterocycles. The Labute approximate surface area is 173 Å². The highest BCUT2D eigenvalue weighted by molar-refractivity contribution is 5.87. The van der Waals surface area contributed by atoms with E-state index >= 15 is 0 Å². The number of carbonyl (C=O) groups is 1. The van der Waals surface area contributed by atoms with Crippen LogP contribution in [0.1, 0.15) is 16.2 Å². The lowest BCUT2D eigenvalue weighted by atomic mass is 10.3. The van der Waals surface area contributed by atoms with Crippen molar-refractivity contribution in [3.63, 3.8) is 0 Å². The molecule has 1 aromatic rings. The second kappa shape index (κ2) is 17.3. The van der Waals surface area contributed by atoms with E-state index in [1.165, 1.54) is 7.11 Å². The Hall–Kier alpha value is -1.62. The molecule has 0 unspecified atom stereocenters. The van der Waals surface area contributed by atoms with Crippen LogP contribution in [0.4, 0.5) is 0 Å². The molecule has 0 bridgehead atoms. The predicted molar refractivity (Wildman–Crippen MR) is 109 cm³/mol. The van der Waals surface area contributed by atoms with Gasteiger partial charge in [0.05, 0.1) is 52.4 Å². The van der Waals surface area contributed by atoms with Crippen LogP contribution in [0, 0.1) is 0 Å². The summed E-state index contributed by atoms with van der Waals surface area (Å²) in [6.45, 7) is 7.34. The molecule has 0 atom stereocenters. The van der Waals surface area contributed by atoms with Gasteiger partial charge in [-0.3, -0.25) is 4.90 Å². The van der Waals surface area contributed by atoms with E-state index in [0.717, 1.165) is 31.9 Å². The Balaban J connectivity index is 2.26. The summed E-state index contributed by atoms with van der Waals surface area (Å²) in [5, 5.41) is 3.22. The third-order valence-corrected chi connectivity index (χ3v) is 4.03. The maximum Gasteiger partial charge on any atom is 0.356 e. The van der Waals surface area contributed by atoms with Crippen LogP contribution in [0.2, 0.25) is 0 Å². The van der Waals surface area contributed by atoms with E-state index in [2.05, 4.69) is 15.2 Å². The highest BCUT2D eigenvalue weighted by Crippen LogP contribution is 2.05. The number of methoxy groups -OCH3 is 3. The second-order valence-corrected chi connectivity index (χ2v) is 6.24. The minimum absolute atomic E-state index is 0.307. The molecule has 0 amide bonds. The normalized spacial score (nSPS) is 11.2. The Morgan fingerprint density at radius 3 is 2.34 bits per heavy atom. The van der Waals surface area contributed by atoms with Crippen molar-refractivity contribution in [3.8, 4) is 0 Å². The van der Waals surface area contributed by atoms with E-state index in [1.54, 1.807) is 26.4 Å². The van der Waals surface area contributed by atoms with E-state index in [9.17, 15) is 4.79 Å². The molecule has 0 saturated heterocycles. The van der Waals surface area contributed by atoms with Crippen LogP contribution in [0.25, 0.3) is 0 Å². The Bertz CT molecular complexity index is 547. The topological polar surface area (TPSA) is 91.4 Å². The predicted octanol–water partition coefficient (Wildman–Crippen LogP) is 0.586. The van der Waals surface area contributed by atoms with Gasteiger partial charge in [-0.2, -0.15) is 0 Å². The number of pyridine rings is 1. The zero-order valence-corrected chi connectivity index (χ0v) is 17.9. The van der Waals surface area contributed by atoms with Gasteiger partial charge in [-0.1, -0.05) is 6.07 Å². The second-order valence-electron chi connectivity index (χ2n) is 6.24. The fourth-order valence-electron chi connectivity index (χ4n) is 2.46. The number of hydrogen-bond donors (Lipinski definition) is 1. The van der Waals surface area contributed by atoms with Crippen LogP contribution in [0.5, 0.6) is 0 Å². The largest absolute Gasteiger partial charge is 0.464 e. The highest BCUT2D eigenvalue weighted by Gasteiger charge is 2.11. The summed E-state index contributed by atoms with van der Waals surface area (Å²) in [5.74, 6) is -0.437. The first-order chi connectivity index (χ1) is 14.2. The number of esters is 1. The van der Waals surface area contributed by atoms with Crippen molar-refractivity contribution in [1.29, 1.82) is 0 Å². The van der Waals surface area contributed by atoms with Gasteiger partial charge in [0.15, 0.2) is 0 Å². The molecule has 0 aliphatic rings. The molecule has 0 aromatic carbocycles. The molecule has 166 valence electrons. The van der Waals surface area contributed by atoms with Gasteiger partial charge in [0.2, 0.25) is 0 Å². The van der Waals surface area contributed by atoms with Gasteiger partial charge in [-0.15, -0.1) is 0 Å². The average Bonchev–Trinajstić information content (AvgIpc) is 2.75. The van der Waals surface area contributed by atoms with Crippen LogP contribution in [-0.4, -0.2) is 103 Å². The monoisotopic (exact) mass is 413 g/mol. The van der Waals surface area contributed by atoms with E-state index in [-0.39, 0.29) is 0 Å². The van der Waals surface area contributed by atoms with E-state index < -0.39 is 5.97 Å². The number of carbonyl (C=O) groups excluding carboxylic acids is 1. The summed E-state index contributed by atoms with van der Waals surface area (Å²) in [4.78, 5) is 18.2. The summed E-state index contributed by atoms with van der Waals surface area (Å²) in [5.41, 5.74) is 1.11. The molecule has 0 spiro atoms. The molecule has 9 heteroatoms. The van der Waals surface area contributed by atoms with Crippen LogP contribution in [0.15, 0.2) is 18.2 Å². The van der Waals surface area contributed by atoms with Gasteiger partial charge in [0.25, 0.3) is 0 Å².